The third-order valence-corrected chi connectivity index (χ3v) is 18.5. The van der Waals surface area contributed by atoms with E-state index in [1.807, 2.05) is 0 Å². The van der Waals surface area contributed by atoms with Crippen LogP contribution in [0.3, 0.4) is 0 Å². The van der Waals surface area contributed by atoms with Crippen LogP contribution in [0.5, 0.6) is 0 Å². The van der Waals surface area contributed by atoms with Gasteiger partial charge in [-0.25, -0.2) is 0 Å². The van der Waals surface area contributed by atoms with Gasteiger partial charge >= 0.3 is 0 Å². The zero-order valence-corrected chi connectivity index (χ0v) is 53.9. The highest BCUT2D eigenvalue weighted by molar-refractivity contribution is 7.00. The Morgan fingerprint density at radius 3 is 0.906 bits per heavy atom. The molecule has 0 saturated carbocycles. The fourth-order valence-corrected chi connectivity index (χ4v) is 13.9. The molecule has 10 aromatic carbocycles. The molecule has 0 amide bonds. The molecule has 2 nitrogen and oxygen atoms in total. The van der Waals surface area contributed by atoms with Gasteiger partial charge in [0.1, 0.15) is 0 Å². The van der Waals surface area contributed by atoms with Gasteiger partial charge in [0.2, 0.25) is 0 Å². The van der Waals surface area contributed by atoms with E-state index in [2.05, 4.69) is 322 Å². The number of aryl methyl sites for hydroxylation is 6. The standard InChI is InChI=1S/C82H85BN2/c1-50-26-25-27-51(2)75(50)62-42-73-78-74(43-62)85(68-48-65(81(13,14)15)45-66(49-68)82(16,17)18)72-41-59(77-54(5)38-61(39-55(77)6)57-30-23-20-24-31-57)33-35-70(72)83(78)69-34-32-58(76-52(3)36-60(37-53(76)4)56-28-21-19-22-29-56)40-71(69)84(73)67-46-63(79(7,8)9)44-64(47-67)80(10,11)12/h19-49H,1-18H3. The van der Waals surface area contributed by atoms with Crippen LogP contribution in [0.25, 0.3) is 55.6 Å². The normalized spacial score (nSPS) is 13.2. The summed E-state index contributed by atoms with van der Waals surface area (Å²) in [6, 6.07) is 73.1. The van der Waals surface area contributed by atoms with Gasteiger partial charge in [-0.2, -0.15) is 0 Å². The third-order valence-electron chi connectivity index (χ3n) is 18.5. The second-order valence-corrected chi connectivity index (χ2v) is 29.1. The summed E-state index contributed by atoms with van der Waals surface area (Å²) < 4.78 is 0. The fraction of sp³-hybridized carbons (Fsp3) is 0.268. The highest BCUT2D eigenvalue weighted by atomic mass is 15.2. The van der Waals surface area contributed by atoms with Crippen LogP contribution in [0.15, 0.2) is 188 Å². The Balaban J connectivity index is 1.22. The van der Waals surface area contributed by atoms with Crippen molar-refractivity contribution in [3.8, 4) is 55.6 Å². The van der Waals surface area contributed by atoms with Crippen molar-refractivity contribution >= 4 is 57.2 Å². The van der Waals surface area contributed by atoms with E-state index in [1.165, 1.54) is 162 Å². The molecule has 0 atom stereocenters. The number of fused-ring (bicyclic) bond motifs is 4. The molecule has 0 spiro atoms. The van der Waals surface area contributed by atoms with Crippen LogP contribution in [0.1, 0.15) is 139 Å². The predicted octanol–water partition coefficient (Wildman–Crippen LogP) is 21.1. The van der Waals surface area contributed by atoms with Gasteiger partial charge in [-0.15, -0.1) is 0 Å². The summed E-state index contributed by atoms with van der Waals surface area (Å²) in [5, 5.41) is 0. The Morgan fingerprint density at radius 2 is 0.576 bits per heavy atom. The molecule has 0 N–H and O–H groups in total. The largest absolute Gasteiger partial charge is 0.311 e. The topological polar surface area (TPSA) is 6.48 Å². The monoisotopic (exact) mass is 1110 g/mol. The molecule has 3 heteroatoms. The molecule has 0 aliphatic carbocycles. The van der Waals surface area contributed by atoms with Crippen molar-refractivity contribution < 1.29 is 0 Å². The lowest BCUT2D eigenvalue weighted by Gasteiger charge is -2.45. The van der Waals surface area contributed by atoms with Crippen molar-refractivity contribution in [3.63, 3.8) is 0 Å². The Labute approximate surface area is 509 Å². The van der Waals surface area contributed by atoms with Crippen LogP contribution >= 0.6 is 0 Å². The molecular formula is C82H85BN2. The predicted molar refractivity (Wildman–Crippen MR) is 371 cm³/mol. The van der Waals surface area contributed by atoms with Crippen molar-refractivity contribution in [2.45, 2.75) is 146 Å². The SMILES string of the molecule is Cc1cccc(C)c1-c1cc2c3c(c1)N(c1cc(C(C)(C)C)cc(C(C)(C)C)c1)c1cc(-c4c(C)cc(-c5ccccc5)cc4C)ccc1B3c1ccc(-c3c(C)cc(-c4ccccc4)cc3C)cc1N2c1cc(C(C)(C)C)cc(C(C)(C)C)c1. The van der Waals surface area contributed by atoms with Crippen LogP contribution in [0, 0.1) is 41.5 Å². The number of rotatable bonds is 7. The highest BCUT2D eigenvalue weighted by Gasteiger charge is 2.45. The van der Waals surface area contributed by atoms with Gasteiger partial charge in [0.15, 0.2) is 0 Å². The molecule has 2 heterocycles. The maximum Gasteiger partial charge on any atom is 0.252 e. The molecule has 2 aliphatic heterocycles. The molecular weight excluding hydrogens is 1020 g/mol. The summed E-state index contributed by atoms with van der Waals surface area (Å²) in [7, 11) is 0. The van der Waals surface area contributed by atoms with E-state index in [0.29, 0.717) is 0 Å². The second-order valence-electron chi connectivity index (χ2n) is 29.1. The van der Waals surface area contributed by atoms with E-state index in [0.717, 1.165) is 0 Å². The minimum absolute atomic E-state index is 0.0938. The van der Waals surface area contributed by atoms with Crippen LogP contribution in [-0.2, 0) is 21.7 Å². The van der Waals surface area contributed by atoms with E-state index >= 15 is 0 Å². The van der Waals surface area contributed by atoms with E-state index in [-0.39, 0.29) is 28.4 Å². The molecule has 0 aromatic heterocycles. The van der Waals surface area contributed by atoms with E-state index in [4.69, 9.17) is 0 Å². The first-order valence-electron chi connectivity index (χ1n) is 30.9. The number of hydrogen-bond acceptors (Lipinski definition) is 2. The first-order chi connectivity index (χ1) is 40.1. The van der Waals surface area contributed by atoms with Crippen molar-refractivity contribution in [2.75, 3.05) is 9.80 Å². The first kappa shape index (κ1) is 57.3. The molecule has 85 heavy (non-hydrogen) atoms. The molecule has 10 aromatic rings. The summed E-state index contributed by atoms with van der Waals surface area (Å²) in [4.78, 5) is 5.37. The molecule has 0 radical (unpaired) electrons. The van der Waals surface area contributed by atoms with Gasteiger partial charge in [0.05, 0.1) is 0 Å². The maximum absolute atomic E-state index is 2.68. The van der Waals surface area contributed by atoms with Gasteiger partial charge in [-0.05, 0) is 239 Å². The number of nitrogens with zero attached hydrogens (tertiary/aromatic N) is 2. The van der Waals surface area contributed by atoms with Crippen molar-refractivity contribution in [2.24, 2.45) is 0 Å². The minimum atomic E-state index is -0.109. The van der Waals surface area contributed by atoms with Gasteiger partial charge in [0, 0.05) is 34.1 Å². The molecule has 12 rings (SSSR count). The summed E-state index contributed by atoms with van der Waals surface area (Å²) in [6.07, 6.45) is 0. The third kappa shape index (κ3) is 10.4. The average molecular weight is 1110 g/mol. The van der Waals surface area contributed by atoms with Crippen LogP contribution in [0.4, 0.5) is 34.1 Å². The fourth-order valence-electron chi connectivity index (χ4n) is 13.9. The van der Waals surface area contributed by atoms with E-state index < -0.39 is 0 Å². The maximum atomic E-state index is 2.68. The molecule has 426 valence electrons. The summed E-state index contributed by atoms with van der Waals surface area (Å²) >= 11 is 0. The molecule has 2 aliphatic rings. The van der Waals surface area contributed by atoms with Gasteiger partial charge in [-0.1, -0.05) is 223 Å². The Kier molecular flexibility index (Phi) is 14.0. The lowest BCUT2D eigenvalue weighted by Crippen LogP contribution is -2.61. The lowest BCUT2D eigenvalue weighted by atomic mass is 9.33. The lowest BCUT2D eigenvalue weighted by molar-refractivity contribution is 0.568. The number of benzene rings is 10. The molecule has 0 unspecified atom stereocenters. The van der Waals surface area contributed by atoms with Crippen molar-refractivity contribution in [3.05, 3.63) is 244 Å². The minimum Gasteiger partial charge on any atom is -0.311 e. The van der Waals surface area contributed by atoms with Crippen molar-refractivity contribution in [1.29, 1.82) is 0 Å². The Bertz CT molecular complexity index is 3900. The zero-order valence-electron chi connectivity index (χ0n) is 53.9. The quantitative estimate of drug-likeness (QED) is 0.147. The van der Waals surface area contributed by atoms with Crippen LogP contribution in [0.2, 0.25) is 0 Å². The summed E-state index contributed by atoms with van der Waals surface area (Å²) in [5.41, 5.74) is 36.1. The molecule has 0 saturated heterocycles. The Hall–Kier alpha value is -8.14. The molecule has 0 fully saturated rings. The van der Waals surface area contributed by atoms with Gasteiger partial charge in [0.25, 0.3) is 6.71 Å². The zero-order chi connectivity index (χ0) is 60.4. The van der Waals surface area contributed by atoms with E-state index in [9.17, 15) is 0 Å². The first-order valence-corrected chi connectivity index (χ1v) is 30.9. The molecule has 0 bridgehead atoms. The average Bonchev–Trinajstić information content (AvgIpc) is 0.716. The second kappa shape index (κ2) is 20.8. The van der Waals surface area contributed by atoms with E-state index in [1.54, 1.807) is 0 Å². The summed E-state index contributed by atoms with van der Waals surface area (Å²) in [6.45, 7) is 42.1. The highest BCUT2D eigenvalue weighted by Crippen LogP contribution is 2.51. The van der Waals surface area contributed by atoms with Crippen LogP contribution in [-0.4, -0.2) is 6.71 Å². The number of anilines is 6. The van der Waals surface area contributed by atoms with Gasteiger partial charge < -0.3 is 9.80 Å². The van der Waals surface area contributed by atoms with Gasteiger partial charge in [-0.3, -0.25) is 0 Å². The van der Waals surface area contributed by atoms with Crippen molar-refractivity contribution in [1.82, 2.24) is 0 Å². The van der Waals surface area contributed by atoms with Crippen LogP contribution < -0.4 is 26.2 Å². The smallest absolute Gasteiger partial charge is 0.252 e. The summed E-state index contributed by atoms with van der Waals surface area (Å²) in [5.74, 6) is 0. The Morgan fingerprint density at radius 1 is 0.259 bits per heavy atom. The number of hydrogen-bond donors (Lipinski definition) is 0.